The molecule has 0 spiro atoms. The van der Waals surface area contributed by atoms with E-state index in [4.69, 9.17) is 0 Å². The average molecular weight is 325 g/mol. The molecule has 2 rings (SSSR count). The highest BCUT2D eigenvalue weighted by molar-refractivity contribution is 6.01. The summed E-state index contributed by atoms with van der Waals surface area (Å²) in [6.07, 6.45) is 0.958. The van der Waals surface area contributed by atoms with Gasteiger partial charge in [-0.3, -0.25) is 14.9 Å². The van der Waals surface area contributed by atoms with Crippen molar-refractivity contribution in [2.75, 3.05) is 0 Å². The third kappa shape index (κ3) is 4.04. The highest BCUT2D eigenvalue weighted by Crippen LogP contribution is 2.19. The third-order valence-corrected chi connectivity index (χ3v) is 3.77. The van der Waals surface area contributed by atoms with Crippen LogP contribution in [0.1, 0.15) is 40.9 Å². The van der Waals surface area contributed by atoms with Crippen LogP contribution < -0.4 is 5.43 Å². The van der Waals surface area contributed by atoms with Gasteiger partial charge in [0.15, 0.2) is 0 Å². The highest BCUT2D eigenvalue weighted by atomic mass is 16.6. The van der Waals surface area contributed by atoms with Gasteiger partial charge in [-0.15, -0.1) is 0 Å². The van der Waals surface area contributed by atoms with E-state index in [1.807, 2.05) is 24.3 Å². The quantitative estimate of drug-likeness (QED) is 0.517. The van der Waals surface area contributed by atoms with Crippen molar-refractivity contribution in [2.45, 2.75) is 27.2 Å². The van der Waals surface area contributed by atoms with Gasteiger partial charge in [0.2, 0.25) is 0 Å². The number of carbonyl (C=O) groups excluding carboxylic acids is 1. The molecule has 0 radical (unpaired) electrons. The Balaban J connectivity index is 2.14. The summed E-state index contributed by atoms with van der Waals surface area (Å²) in [5.41, 5.74) is 5.85. The van der Waals surface area contributed by atoms with Crippen molar-refractivity contribution in [1.82, 2.24) is 5.43 Å². The van der Waals surface area contributed by atoms with E-state index in [9.17, 15) is 14.9 Å². The Morgan fingerprint density at radius 3 is 2.38 bits per heavy atom. The van der Waals surface area contributed by atoms with E-state index in [-0.39, 0.29) is 11.3 Å². The first-order valence-electron chi connectivity index (χ1n) is 7.61. The fraction of sp³-hybridized carbons (Fsp3) is 0.222. The predicted octanol–water partition coefficient (Wildman–Crippen LogP) is 3.62. The summed E-state index contributed by atoms with van der Waals surface area (Å²) in [5.74, 6) is -0.484. The van der Waals surface area contributed by atoms with Gasteiger partial charge in [0.05, 0.1) is 10.6 Å². The number of amides is 1. The molecule has 24 heavy (non-hydrogen) atoms. The van der Waals surface area contributed by atoms with Gasteiger partial charge in [0.1, 0.15) is 0 Å². The molecular formula is C18H19N3O3. The average Bonchev–Trinajstić information content (AvgIpc) is 2.59. The van der Waals surface area contributed by atoms with E-state index in [0.717, 1.165) is 12.0 Å². The van der Waals surface area contributed by atoms with Crippen LogP contribution in [0.5, 0.6) is 0 Å². The second-order valence-electron chi connectivity index (χ2n) is 5.45. The second kappa shape index (κ2) is 7.50. The number of nitro groups is 1. The number of benzene rings is 2. The molecule has 0 atom stereocenters. The van der Waals surface area contributed by atoms with E-state index in [0.29, 0.717) is 11.3 Å². The van der Waals surface area contributed by atoms with Crippen LogP contribution in [-0.2, 0) is 6.42 Å². The van der Waals surface area contributed by atoms with Gasteiger partial charge in [-0.2, -0.15) is 5.10 Å². The number of hydrogen-bond donors (Lipinski definition) is 1. The third-order valence-electron chi connectivity index (χ3n) is 3.77. The molecule has 124 valence electrons. The number of carbonyl (C=O) groups is 1. The summed E-state index contributed by atoms with van der Waals surface area (Å²) in [5, 5.41) is 15.0. The summed E-state index contributed by atoms with van der Waals surface area (Å²) < 4.78 is 0. The van der Waals surface area contributed by atoms with Crippen LogP contribution >= 0.6 is 0 Å². The van der Waals surface area contributed by atoms with Crippen molar-refractivity contribution in [3.8, 4) is 0 Å². The minimum atomic E-state index is -0.504. The molecule has 0 aliphatic rings. The van der Waals surface area contributed by atoms with Gasteiger partial charge >= 0.3 is 0 Å². The minimum absolute atomic E-state index is 0.0847. The van der Waals surface area contributed by atoms with Crippen LogP contribution in [0.3, 0.4) is 0 Å². The molecular weight excluding hydrogens is 306 g/mol. The normalized spacial score (nSPS) is 11.2. The number of rotatable bonds is 5. The fourth-order valence-electron chi connectivity index (χ4n) is 2.19. The molecule has 1 amide bonds. The zero-order chi connectivity index (χ0) is 17.7. The number of hydrazone groups is 1. The second-order valence-corrected chi connectivity index (χ2v) is 5.45. The Morgan fingerprint density at radius 2 is 1.79 bits per heavy atom. The lowest BCUT2D eigenvalue weighted by molar-refractivity contribution is -0.385. The van der Waals surface area contributed by atoms with Crippen LogP contribution in [0.2, 0.25) is 0 Å². The van der Waals surface area contributed by atoms with Crippen LogP contribution in [0.15, 0.2) is 47.6 Å². The van der Waals surface area contributed by atoms with Gasteiger partial charge in [-0.1, -0.05) is 37.3 Å². The van der Waals surface area contributed by atoms with Crippen molar-refractivity contribution in [1.29, 1.82) is 0 Å². The fourth-order valence-corrected chi connectivity index (χ4v) is 2.19. The van der Waals surface area contributed by atoms with Gasteiger partial charge in [0.25, 0.3) is 11.6 Å². The summed E-state index contributed by atoms with van der Waals surface area (Å²) >= 11 is 0. The SMILES string of the molecule is CCc1ccc(/C(C)=N/NC(=O)c2ccc(C)c([N+](=O)[O-])c2)cc1. The smallest absolute Gasteiger partial charge is 0.267 e. The van der Waals surface area contributed by atoms with Gasteiger partial charge in [-0.25, -0.2) is 5.43 Å². The summed E-state index contributed by atoms with van der Waals surface area (Å²) in [4.78, 5) is 22.6. The molecule has 6 heteroatoms. The van der Waals surface area contributed by atoms with Crippen LogP contribution in [0.4, 0.5) is 5.69 Å². The summed E-state index contributed by atoms with van der Waals surface area (Å²) in [6.45, 7) is 5.50. The predicted molar refractivity (Wildman–Crippen MR) is 93.3 cm³/mol. The van der Waals surface area contributed by atoms with Crippen molar-refractivity contribution in [2.24, 2.45) is 5.10 Å². The maximum absolute atomic E-state index is 12.1. The lowest BCUT2D eigenvalue weighted by Crippen LogP contribution is -2.19. The Kier molecular flexibility index (Phi) is 5.42. The van der Waals surface area contributed by atoms with E-state index in [1.54, 1.807) is 26.0 Å². The van der Waals surface area contributed by atoms with Gasteiger partial charge < -0.3 is 0 Å². The Labute approximate surface area is 140 Å². The van der Waals surface area contributed by atoms with E-state index in [2.05, 4.69) is 17.5 Å². The molecule has 0 saturated heterocycles. The molecule has 0 fully saturated rings. The summed E-state index contributed by atoms with van der Waals surface area (Å²) in [7, 11) is 0. The van der Waals surface area contributed by atoms with E-state index < -0.39 is 10.8 Å². The standard InChI is InChI=1S/C18H19N3O3/c1-4-14-6-9-15(10-7-14)13(3)19-20-18(22)16-8-5-12(2)17(11-16)21(23)24/h5-11H,4H2,1-3H3,(H,20,22)/b19-13+. The van der Waals surface area contributed by atoms with E-state index in [1.165, 1.54) is 11.6 Å². The first-order valence-corrected chi connectivity index (χ1v) is 7.61. The Bertz CT molecular complexity index is 796. The molecule has 2 aromatic rings. The molecule has 1 N–H and O–H groups in total. The molecule has 6 nitrogen and oxygen atoms in total. The molecule has 0 saturated carbocycles. The molecule has 2 aromatic carbocycles. The number of nitrogens with zero attached hydrogens (tertiary/aromatic N) is 2. The van der Waals surface area contributed by atoms with Gasteiger partial charge in [0, 0.05) is 17.2 Å². The monoisotopic (exact) mass is 325 g/mol. The first-order chi connectivity index (χ1) is 11.4. The van der Waals surface area contributed by atoms with Crippen molar-refractivity contribution >= 4 is 17.3 Å². The number of hydrogen-bond acceptors (Lipinski definition) is 4. The van der Waals surface area contributed by atoms with Crippen molar-refractivity contribution in [3.05, 3.63) is 74.8 Å². The number of aryl methyl sites for hydroxylation is 2. The molecule has 0 aromatic heterocycles. The lowest BCUT2D eigenvalue weighted by Gasteiger charge is -2.05. The van der Waals surface area contributed by atoms with E-state index >= 15 is 0 Å². The number of nitrogens with one attached hydrogen (secondary N) is 1. The molecule has 0 heterocycles. The first kappa shape index (κ1) is 17.3. The van der Waals surface area contributed by atoms with Crippen LogP contribution in [0, 0.1) is 17.0 Å². The topological polar surface area (TPSA) is 84.6 Å². The van der Waals surface area contributed by atoms with Crippen molar-refractivity contribution in [3.63, 3.8) is 0 Å². The zero-order valence-corrected chi connectivity index (χ0v) is 13.9. The molecule has 0 unspecified atom stereocenters. The lowest BCUT2D eigenvalue weighted by atomic mass is 10.1. The Morgan fingerprint density at radius 1 is 1.17 bits per heavy atom. The largest absolute Gasteiger partial charge is 0.273 e. The zero-order valence-electron chi connectivity index (χ0n) is 13.9. The van der Waals surface area contributed by atoms with Gasteiger partial charge in [-0.05, 0) is 37.5 Å². The maximum Gasteiger partial charge on any atom is 0.273 e. The molecule has 0 aliphatic carbocycles. The number of nitro benzene ring substituents is 1. The van der Waals surface area contributed by atoms with Crippen LogP contribution in [-0.4, -0.2) is 16.5 Å². The minimum Gasteiger partial charge on any atom is -0.267 e. The maximum atomic E-state index is 12.1. The molecule has 0 bridgehead atoms. The van der Waals surface area contributed by atoms with Crippen molar-refractivity contribution < 1.29 is 9.72 Å². The highest BCUT2D eigenvalue weighted by Gasteiger charge is 2.14. The Hall–Kier alpha value is -3.02. The van der Waals surface area contributed by atoms with Crippen LogP contribution in [0.25, 0.3) is 0 Å². The summed E-state index contributed by atoms with van der Waals surface area (Å²) in [6, 6.07) is 12.3. The molecule has 0 aliphatic heterocycles.